The predicted octanol–water partition coefficient (Wildman–Crippen LogP) is 3.84. The second-order valence-electron chi connectivity index (χ2n) is 7.54. The lowest BCUT2D eigenvalue weighted by molar-refractivity contribution is -0.127. The maximum Gasteiger partial charge on any atom is 0.261 e. The molecule has 6 heteroatoms. The third-order valence-electron chi connectivity index (χ3n) is 4.83. The largest absolute Gasteiger partial charge is 0.481 e. The third-order valence-corrected chi connectivity index (χ3v) is 4.83. The van der Waals surface area contributed by atoms with Crippen molar-refractivity contribution >= 4 is 5.91 Å². The number of aromatic nitrogens is 3. The second-order valence-corrected chi connectivity index (χ2v) is 7.54. The highest BCUT2D eigenvalue weighted by Crippen LogP contribution is 2.28. The van der Waals surface area contributed by atoms with E-state index in [9.17, 15) is 4.79 Å². The van der Waals surface area contributed by atoms with Crippen LogP contribution in [0.3, 0.4) is 0 Å². The normalized spacial score (nSPS) is 12.0. The average molecular weight is 393 g/mol. The fourth-order valence-electron chi connectivity index (χ4n) is 3.16. The van der Waals surface area contributed by atoms with E-state index < -0.39 is 6.10 Å². The lowest BCUT2D eigenvalue weighted by atomic mass is 10.0. The standard InChI is InChI=1S/C23H28N4O2/c1-16(2)21-10-9-17(3)11-22(21)29-18(4)23(28)25-12-19-7-5-6-8-20(19)13-27-15-24-14-26-27/h5-11,14-16,18H,12-13H2,1-4H3,(H,25,28). The Balaban J connectivity index is 1.64. The van der Waals surface area contributed by atoms with Crippen LogP contribution in [0.15, 0.2) is 55.1 Å². The van der Waals surface area contributed by atoms with Gasteiger partial charge in [-0.25, -0.2) is 9.67 Å². The van der Waals surface area contributed by atoms with Gasteiger partial charge in [-0.3, -0.25) is 4.79 Å². The van der Waals surface area contributed by atoms with Crippen molar-refractivity contribution in [2.75, 3.05) is 0 Å². The van der Waals surface area contributed by atoms with Crippen molar-refractivity contribution in [3.63, 3.8) is 0 Å². The zero-order chi connectivity index (χ0) is 20.8. The van der Waals surface area contributed by atoms with Crippen molar-refractivity contribution in [2.45, 2.75) is 52.8 Å². The summed E-state index contributed by atoms with van der Waals surface area (Å²) in [5, 5.41) is 7.14. The van der Waals surface area contributed by atoms with Gasteiger partial charge in [0.2, 0.25) is 0 Å². The summed E-state index contributed by atoms with van der Waals surface area (Å²) in [5.74, 6) is 0.954. The molecule has 0 saturated heterocycles. The molecule has 0 aliphatic carbocycles. The van der Waals surface area contributed by atoms with Crippen molar-refractivity contribution < 1.29 is 9.53 Å². The molecular formula is C23H28N4O2. The van der Waals surface area contributed by atoms with E-state index in [2.05, 4.69) is 41.4 Å². The van der Waals surface area contributed by atoms with Crippen LogP contribution < -0.4 is 10.1 Å². The predicted molar refractivity (Wildman–Crippen MR) is 113 cm³/mol. The average Bonchev–Trinajstić information content (AvgIpc) is 3.20. The topological polar surface area (TPSA) is 69.0 Å². The fraction of sp³-hybridized carbons (Fsp3) is 0.348. The number of nitrogens with one attached hydrogen (secondary N) is 1. The lowest BCUT2D eigenvalue weighted by Crippen LogP contribution is -2.36. The highest BCUT2D eigenvalue weighted by Gasteiger charge is 2.18. The molecule has 29 heavy (non-hydrogen) atoms. The summed E-state index contributed by atoms with van der Waals surface area (Å²) in [6, 6.07) is 14.1. The van der Waals surface area contributed by atoms with Gasteiger partial charge in [0.05, 0.1) is 6.54 Å². The van der Waals surface area contributed by atoms with Gasteiger partial charge in [-0.1, -0.05) is 50.2 Å². The van der Waals surface area contributed by atoms with Gasteiger partial charge in [-0.2, -0.15) is 5.10 Å². The highest BCUT2D eigenvalue weighted by molar-refractivity contribution is 5.80. The summed E-state index contributed by atoms with van der Waals surface area (Å²) in [4.78, 5) is 16.6. The van der Waals surface area contributed by atoms with Crippen LogP contribution in [0.5, 0.6) is 5.75 Å². The molecule has 0 radical (unpaired) electrons. The minimum atomic E-state index is -0.586. The van der Waals surface area contributed by atoms with E-state index in [1.807, 2.05) is 37.3 Å². The van der Waals surface area contributed by atoms with Gasteiger partial charge in [0, 0.05) is 6.54 Å². The fourth-order valence-corrected chi connectivity index (χ4v) is 3.16. The highest BCUT2D eigenvalue weighted by atomic mass is 16.5. The van der Waals surface area contributed by atoms with Crippen LogP contribution in [0.4, 0.5) is 0 Å². The number of hydrogen-bond donors (Lipinski definition) is 1. The molecule has 1 atom stereocenters. The Morgan fingerprint density at radius 2 is 1.90 bits per heavy atom. The van der Waals surface area contributed by atoms with Gasteiger partial charge in [0.1, 0.15) is 18.4 Å². The van der Waals surface area contributed by atoms with Gasteiger partial charge in [0.25, 0.3) is 5.91 Å². The first-order valence-electron chi connectivity index (χ1n) is 9.88. The summed E-state index contributed by atoms with van der Waals surface area (Å²) in [7, 11) is 0. The van der Waals surface area contributed by atoms with Crippen molar-refractivity contribution in [3.05, 3.63) is 77.4 Å². The van der Waals surface area contributed by atoms with E-state index in [-0.39, 0.29) is 5.91 Å². The molecule has 1 aromatic heterocycles. The van der Waals surface area contributed by atoms with Gasteiger partial charge in [-0.05, 0) is 48.1 Å². The molecule has 0 fully saturated rings. The van der Waals surface area contributed by atoms with Crippen molar-refractivity contribution in [1.82, 2.24) is 20.1 Å². The first-order chi connectivity index (χ1) is 13.9. The number of benzene rings is 2. The number of rotatable bonds is 8. The first kappa shape index (κ1) is 20.6. The van der Waals surface area contributed by atoms with Crippen molar-refractivity contribution in [3.8, 4) is 5.75 Å². The number of nitrogens with zero attached hydrogens (tertiary/aromatic N) is 3. The molecule has 152 valence electrons. The number of ether oxygens (including phenoxy) is 1. The Labute approximate surface area is 171 Å². The van der Waals surface area contributed by atoms with Crippen LogP contribution in [0.25, 0.3) is 0 Å². The number of amides is 1. The lowest BCUT2D eigenvalue weighted by Gasteiger charge is -2.19. The molecule has 1 N–H and O–H groups in total. The molecule has 1 unspecified atom stereocenters. The molecular weight excluding hydrogens is 364 g/mol. The quantitative estimate of drug-likeness (QED) is 0.632. The molecule has 0 aliphatic heterocycles. The van der Waals surface area contributed by atoms with Crippen molar-refractivity contribution in [1.29, 1.82) is 0 Å². The SMILES string of the molecule is Cc1ccc(C(C)C)c(OC(C)C(=O)NCc2ccccc2Cn2cncn2)c1. The Morgan fingerprint density at radius 3 is 2.59 bits per heavy atom. The van der Waals surface area contributed by atoms with Crippen molar-refractivity contribution in [2.24, 2.45) is 0 Å². The van der Waals surface area contributed by atoms with E-state index >= 15 is 0 Å². The van der Waals surface area contributed by atoms with Crippen LogP contribution in [-0.4, -0.2) is 26.8 Å². The van der Waals surface area contributed by atoms with Crippen LogP contribution in [-0.2, 0) is 17.9 Å². The van der Waals surface area contributed by atoms with E-state index in [1.165, 1.54) is 6.33 Å². The Morgan fingerprint density at radius 1 is 1.14 bits per heavy atom. The molecule has 1 heterocycles. The number of hydrogen-bond acceptors (Lipinski definition) is 4. The van der Waals surface area contributed by atoms with Crippen LogP contribution in [0.2, 0.25) is 0 Å². The number of carbonyl (C=O) groups is 1. The Bertz CT molecular complexity index is 951. The molecule has 2 aromatic carbocycles. The summed E-state index contributed by atoms with van der Waals surface area (Å²) >= 11 is 0. The Kier molecular flexibility index (Phi) is 6.65. The third kappa shape index (κ3) is 5.44. The van der Waals surface area contributed by atoms with Crippen LogP contribution in [0.1, 0.15) is 48.9 Å². The Hall–Kier alpha value is -3.15. The summed E-state index contributed by atoms with van der Waals surface area (Å²) in [6.07, 6.45) is 2.61. The van der Waals surface area contributed by atoms with Gasteiger partial charge >= 0.3 is 0 Å². The maximum atomic E-state index is 12.7. The number of carbonyl (C=O) groups excluding carboxylic acids is 1. The molecule has 3 rings (SSSR count). The summed E-state index contributed by atoms with van der Waals surface area (Å²) in [5.41, 5.74) is 4.35. The van der Waals surface area contributed by atoms with Crippen LogP contribution >= 0.6 is 0 Å². The molecule has 0 bridgehead atoms. The van der Waals surface area contributed by atoms with Gasteiger partial charge < -0.3 is 10.1 Å². The van der Waals surface area contributed by atoms with E-state index in [0.717, 1.165) is 28.0 Å². The zero-order valence-electron chi connectivity index (χ0n) is 17.4. The van der Waals surface area contributed by atoms with Gasteiger partial charge in [-0.15, -0.1) is 0 Å². The molecule has 0 aliphatic rings. The molecule has 0 spiro atoms. The summed E-state index contributed by atoms with van der Waals surface area (Å²) in [6.45, 7) is 9.08. The van der Waals surface area contributed by atoms with E-state index in [1.54, 1.807) is 17.9 Å². The molecule has 0 saturated carbocycles. The molecule has 3 aromatic rings. The number of aryl methyl sites for hydroxylation is 1. The second kappa shape index (κ2) is 9.37. The summed E-state index contributed by atoms with van der Waals surface area (Å²) < 4.78 is 7.78. The van der Waals surface area contributed by atoms with Crippen LogP contribution in [0, 0.1) is 6.92 Å². The monoisotopic (exact) mass is 392 g/mol. The molecule has 1 amide bonds. The minimum absolute atomic E-state index is 0.142. The zero-order valence-corrected chi connectivity index (χ0v) is 17.4. The minimum Gasteiger partial charge on any atom is -0.481 e. The van der Waals surface area contributed by atoms with Gasteiger partial charge in [0.15, 0.2) is 6.10 Å². The van der Waals surface area contributed by atoms with E-state index in [4.69, 9.17) is 4.74 Å². The maximum absolute atomic E-state index is 12.7. The van der Waals surface area contributed by atoms with E-state index in [0.29, 0.717) is 19.0 Å². The smallest absolute Gasteiger partial charge is 0.261 e. The molecule has 6 nitrogen and oxygen atoms in total. The first-order valence-corrected chi connectivity index (χ1v) is 9.88.